The number of halogens is 2. The number of anilines is 1. The van der Waals surface area contributed by atoms with Crippen molar-refractivity contribution in [3.05, 3.63) is 11.4 Å². The number of nitrogens with zero attached hydrogens (tertiary/aromatic N) is 3. The molecule has 0 fully saturated rings. The highest BCUT2D eigenvalue weighted by atomic mass is 19.3. The number of alkyl halides is 2. The second kappa shape index (κ2) is 7.66. The molecule has 11 heteroatoms. The Morgan fingerprint density at radius 1 is 1.45 bits per heavy atom. The second-order valence-electron chi connectivity index (χ2n) is 4.06. The molecule has 0 atom stereocenters. The van der Waals surface area contributed by atoms with Gasteiger partial charge in [0.15, 0.2) is 11.4 Å². The normalized spacial score (nSPS) is 10.8. The van der Waals surface area contributed by atoms with E-state index in [0.29, 0.717) is 5.06 Å². The molecule has 0 aromatic carbocycles. The summed E-state index contributed by atoms with van der Waals surface area (Å²) < 4.78 is 33.9. The van der Waals surface area contributed by atoms with Crippen LogP contribution in [-0.4, -0.2) is 65.8 Å². The number of methoxy groups -OCH3 is 1. The highest BCUT2D eigenvalue weighted by Crippen LogP contribution is 2.24. The average Bonchev–Trinajstić information content (AvgIpc) is 2.82. The maximum atomic E-state index is 12.0. The van der Waals surface area contributed by atoms with E-state index in [1.54, 1.807) is 0 Å². The zero-order valence-electron chi connectivity index (χ0n) is 11.8. The topological polar surface area (TPSA) is 114 Å². The first-order chi connectivity index (χ1) is 10.3. The fourth-order valence-electron chi connectivity index (χ4n) is 1.69. The van der Waals surface area contributed by atoms with Crippen LogP contribution in [-0.2, 0) is 16.0 Å². The van der Waals surface area contributed by atoms with Crippen LogP contribution >= 0.6 is 0 Å². The molecule has 0 saturated carbocycles. The van der Waals surface area contributed by atoms with Crippen molar-refractivity contribution in [1.82, 2.24) is 9.78 Å². The van der Waals surface area contributed by atoms with Gasteiger partial charge in [-0.25, -0.2) is 18.4 Å². The van der Waals surface area contributed by atoms with E-state index in [1.807, 2.05) is 0 Å². The Balaban J connectivity index is 3.10. The zero-order valence-corrected chi connectivity index (χ0v) is 11.8. The highest BCUT2D eigenvalue weighted by Gasteiger charge is 2.29. The van der Waals surface area contributed by atoms with Gasteiger partial charge in [-0.05, 0) is 0 Å². The molecular weight excluding hydrogens is 308 g/mol. The summed E-state index contributed by atoms with van der Waals surface area (Å²) in [4.78, 5) is 22.9. The molecule has 0 aliphatic heterocycles. The molecule has 0 unspecified atom stereocenters. The van der Waals surface area contributed by atoms with E-state index in [9.17, 15) is 28.7 Å². The summed E-state index contributed by atoms with van der Waals surface area (Å²) in [6.07, 6.45) is -2.65. The van der Waals surface area contributed by atoms with Gasteiger partial charge in [0.05, 0.1) is 20.3 Å². The molecule has 0 aliphatic rings. The number of ether oxygens (including phenoxy) is 2. The van der Waals surface area contributed by atoms with E-state index in [0.717, 1.165) is 18.8 Å². The predicted molar refractivity (Wildman–Crippen MR) is 67.5 cm³/mol. The van der Waals surface area contributed by atoms with Gasteiger partial charge in [-0.15, -0.1) is 0 Å². The van der Waals surface area contributed by atoms with Crippen molar-refractivity contribution in [2.45, 2.75) is 13.0 Å². The predicted octanol–water partition coefficient (Wildman–Crippen LogP) is 0.475. The number of carboxylic acid groups (broad SMARTS) is 1. The fourth-order valence-corrected chi connectivity index (χ4v) is 1.69. The fraction of sp³-hybridized carbons (Fsp3) is 0.545. The van der Waals surface area contributed by atoms with E-state index in [4.69, 9.17) is 0 Å². The molecule has 1 aromatic heterocycles. The molecule has 1 aromatic rings. The van der Waals surface area contributed by atoms with Crippen molar-refractivity contribution in [3.8, 4) is 0 Å². The van der Waals surface area contributed by atoms with Gasteiger partial charge in [-0.3, -0.25) is 15.0 Å². The van der Waals surface area contributed by atoms with Gasteiger partial charge in [-0.1, -0.05) is 0 Å². The summed E-state index contributed by atoms with van der Waals surface area (Å²) in [5.74, 6) is -2.42. The van der Waals surface area contributed by atoms with Crippen LogP contribution < -0.4 is 5.06 Å². The van der Waals surface area contributed by atoms with Gasteiger partial charge in [-0.2, -0.15) is 5.10 Å². The number of esters is 1. The Bertz CT molecular complexity index is 546. The summed E-state index contributed by atoms with van der Waals surface area (Å²) in [6, 6.07) is 0. The number of hydrogen-bond acceptors (Lipinski definition) is 7. The van der Waals surface area contributed by atoms with Gasteiger partial charge in [0.25, 0.3) is 6.43 Å². The molecule has 1 rings (SSSR count). The number of carbonyl (C=O) groups is 2. The number of aromatic carboxylic acids is 1. The SMILES string of the molecule is COC(=O)c1nn(CCOCC(F)F)c(C(=O)O)c1N(C)O. The lowest BCUT2D eigenvalue weighted by Crippen LogP contribution is -2.19. The van der Waals surface area contributed by atoms with Crippen molar-refractivity contribution in [1.29, 1.82) is 0 Å². The Hall–Kier alpha value is -2.27. The highest BCUT2D eigenvalue weighted by molar-refractivity contribution is 6.01. The smallest absolute Gasteiger partial charge is 0.360 e. The summed E-state index contributed by atoms with van der Waals surface area (Å²) in [6.45, 7) is -1.26. The van der Waals surface area contributed by atoms with Crippen molar-refractivity contribution < 1.29 is 38.2 Å². The molecule has 0 bridgehead atoms. The van der Waals surface area contributed by atoms with Crippen molar-refractivity contribution >= 4 is 17.6 Å². The summed E-state index contributed by atoms with van der Waals surface area (Å²) in [7, 11) is 2.17. The maximum absolute atomic E-state index is 12.0. The standard InChI is InChI=1S/C11H15F2N3O6/c1-15(20)8-7(11(19)21-2)14-16(9(8)10(17)18)3-4-22-5-6(12)13/h6,20H,3-5H2,1-2H3,(H,17,18). The Morgan fingerprint density at radius 3 is 2.55 bits per heavy atom. The van der Waals surface area contributed by atoms with Gasteiger partial charge in [0.1, 0.15) is 12.3 Å². The third kappa shape index (κ3) is 4.11. The molecule has 0 saturated heterocycles. The summed E-state index contributed by atoms with van der Waals surface area (Å²) >= 11 is 0. The molecule has 124 valence electrons. The lowest BCUT2D eigenvalue weighted by molar-refractivity contribution is 0.0135. The number of carbonyl (C=O) groups excluding carboxylic acids is 1. The summed E-state index contributed by atoms with van der Waals surface area (Å²) in [5, 5.41) is 22.9. The van der Waals surface area contributed by atoms with Gasteiger partial charge in [0.2, 0.25) is 0 Å². The summed E-state index contributed by atoms with van der Waals surface area (Å²) in [5.41, 5.74) is -1.28. The third-order valence-corrected chi connectivity index (χ3v) is 2.52. The average molecular weight is 323 g/mol. The van der Waals surface area contributed by atoms with Crippen LogP contribution in [0.15, 0.2) is 0 Å². The van der Waals surface area contributed by atoms with Crippen LogP contribution in [0.4, 0.5) is 14.5 Å². The Morgan fingerprint density at radius 2 is 2.09 bits per heavy atom. The molecule has 1 heterocycles. The molecular formula is C11H15F2N3O6. The van der Waals surface area contributed by atoms with Crippen LogP contribution in [0, 0.1) is 0 Å². The second-order valence-corrected chi connectivity index (χ2v) is 4.06. The van der Waals surface area contributed by atoms with E-state index in [1.165, 1.54) is 0 Å². The van der Waals surface area contributed by atoms with Crippen molar-refractivity contribution in [3.63, 3.8) is 0 Å². The van der Waals surface area contributed by atoms with E-state index in [2.05, 4.69) is 14.6 Å². The molecule has 0 radical (unpaired) electrons. The van der Waals surface area contributed by atoms with Crippen molar-refractivity contribution in [2.24, 2.45) is 0 Å². The zero-order chi connectivity index (χ0) is 16.9. The van der Waals surface area contributed by atoms with Crippen LogP contribution in [0.25, 0.3) is 0 Å². The minimum atomic E-state index is -2.65. The first kappa shape index (κ1) is 17.8. The Kier molecular flexibility index (Phi) is 6.19. The Labute approximate surface area is 123 Å². The van der Waals surface area contributed by atoms with Crippen molar-refractivity contribution in [2.75, 3.05) is 32.4 Å². The number of aromatic nitrogens is 2. The van der Waals surface area contributed by atoms with E-state index in [-0.39, 0.29) is 18.8 Å². The minimum absolute atomic E-state index is 0.202. The van der Waals surface area contributed by atoms with Crippen LogP contribution in [0.5, 0.6) is 0 Å². The maximum Gasteiger partial charge on any atom is 0.360 e. The molecule has 2 N–H and O–H groups in total. The monoisotopic (exact) mass is 323 g/mol. The number of rotatable bonds is 8. The van der Waals surface area contributed by atoms with Crippen LogP contribution in [0.2, 0.25) is 0 Å². The van der Waals surface area contributed by atoms with E-state index >= 15 is 0 Å². The lowest BCUT2D eigenvalue weighted by Gasteiger charge is -2.11. The number of hydrogen-bond donors (Lipinski definition) is 2. The molecule has 9 nitrogen and oxygen atoms in total. The molecule has 22 heavy (non-hydrogen) atoms. The first-order valence-electron chi connectivity index (χ1n) is 6.00. The minimum Gasteiger partial charge on any atom is -0.476 e. The van der Waals surface area contributed by atoms with Crippen LogP contribution in [0.3, 0.4) is 0 Å². The number of hydroxylamine groups is 1. The van der Waals surface area contributed by atoms with Gasteiger partial charge >= 0.3 is 11.9 Å². The molecule has 0 spiro atoms. The van der Waals surface area contributed by atoms with E-state index < -0.39 is 36.4 Å². The van der Waals surface area contributed by atoms with Gasteiger partial charge < -0.3 is 14.6 Å². The number of carboxylic acids is 1. The third-order valence-electron chi connectivity index (χ3n) is 2.52. The van der Waals surface area contributed by atoms with Crippen LogP contribution in [0.1, 0.15) is 21.0 Å². The molecule has 0 aliphatic carbocycles. The largest absolute Gasteiger partial charge is 0.476 e. The quantitative estimate of drug-likeness (QED) is 0.403. The lowest BCUT2D eigenvalue weighted by atomic mass is 10.2. The first-order valence-corrected chi connectivity index (χ1v) is 6.00. The van der Waals surface area contributed by atoms with Gasteiger partial charge in [0, 0.05) is 7.05 Å². The molecule has 0 amide bonds.